The molecule has 0 saturated heterocycles. The van der Waals surface area contributed by atoms with E-state index in [4.69, 9.17) is 10.00 Å². The van der Waals surface area contributed by atoms with Gasteiger partial charge in [-0.15, -0.1) is 0 Å². The summed E-state index contributed by atoms with van der Waals surface area (Å²) < 4.78 is 5.49. The fourth-order valence-electron chi connectivity index (χ4n) is 1.84. The van der Waals surface area contributed by atoms with E-state index in [9.17, 15) is 0 Å². The van der Waals surface area contributed by atoms with E-state index in [1.807, 2.05) is 19.9 Å². The fourth-order valence-corrected chi connectivity index (χ4v) is 1.84. The Morgan fingerprint density at radius 1 is 1.32 bits per heavy atom. The quantitative estimate of drug-likeness (QED) is 0.730. The van der Waals surface area contributed by atoms with Crippen LogP contribution in [-0.4, -0.2) is 24.7 Å². The molecule has 104 valence electrons. The van der Waals surface area contributed by atoms with Crippen LogP contribution in [0.1, 0.15) is 43.0 Å². The first kappa shape index (κ1) is 15.5. The lowest BCUT2D eigenvalue weighted by atomic mass is 10.1. The van der Waals surface area contributed by atoms with Gasteiger partial charge in [-0.3, -0.25) is 0 Å². The Labute approximate surface area is 115 Å². The van der Waals surface area contributed by atoms with E-state index >= 15 is 0 Å². The monoisotopic (exact) mass is 261 g/mol. The minimum Gasteiger partial charge on any atom is -0.381 e. The normalized spacial score (nSPS) is 10.2. The van der Waals surface area contributed by atoms with Gasteiger partial charge >= 0.3 is 0 Å². The summed E-state index contributed by atoms with van der Waals surface area (Å²) in [5.41, 5.74) is 2.53. The highest BCUT2D eigenvalue weighted by molar-refractivity contribution is 5.56. The second-order valence-corrected chi connectivity index (χ2v) is 4.66. The van der Waals surface area contributed by atoms with Gasteiger partial charge < -0.3 is 10.1 Å². The van der Waals surface area contributed by atoms with Crippen LogP contribution >= 0.6 is 0 Å². The van der Waals surface area contributed by atoms with Crippen molar-refractivity contribution in [2.24, 2.45) is 0 Å². The number of anilines is 1. The molecule has 0 aliphatic rings. The SMILES string of the molecule is CCCCOCCCNc1nc(C)cc(C)c1C#N. The maximum Gasteiger partial charge on any atom is 0.144 e. The highest BCUT2D eigenvalue weighted by Gasteiger charge is 2.07. The van der Waals surface area contributed by atoms with Crippen LogP contribution in [-0.2, 0) is 4.74 Å². The molecule has 0 radical (unpaired) electrons. The summed E-state index contributed by atoms with van der Waals surface area (Å²) in [5, 5.41) is 12.4. The molecule has 4 heteroatoms. The Kier molecular flexibility index (Phi) is 6.91. The summed E-state index contributed by atoms with van der Waals surface area (Å²) in [6, 6.07) is 4.13. The molecule has 0 aliphatic heterocycles. The number of hydrogen-bond donors (Lipinski definition) is 1. The lowest BCUT2D eigenvalue weighted by Crippen LogP contribution is -2.10. The van der Waals surface area contributed by atoms with Gasteiger partial charge in [0.15, 0.2) is 0 Å². The van der Waals surface area contributed by atoms with E-state index in [2.05, 4.69) is 23.3 Å². The molecule has 4 nitrogen and oxygen atoms in total. The molecule has 0 fully saturated rings. The molecular formula is C15H23N3O. The number of pyridine rings is 1. The largest absolute Gasteiger partial charge is 0.381 e. The molecule has 0 bridgehead atoms. The third-order valence-corrected chi connectivity index (χ3v) is 2.86. The van der Waals surface area contributed by atoms with Gasteiger partial charge in [0, 0.05) is 25.5 Å². The summed E-state index contributed by atoms with van der Waals surface area (Å²) in [6.45, 7) is 8.39. The zero-order valence-corrected chi connectivity index (χ0v) is 12.1. The summed E-state index contributed by atoms with van der Waals surface area (Å²) >= 11 is 0. The Hall–Kier alpha value is -1.60. The molecule has 0 saturated carbocycles. The van der Waals surface area contributed by atoms with Crippen LogP contribution in [0.25, 0.3) is 0 Å². The minimum atomic E-state index is 0.637. The van der Waals surface area contributed by atoms with Gasteiger partial charge in [0.1, 0.15) is 11.9 Å². The van der Waals surface area contributed by atoms with Gasteiger partial charge in [0.25, 0.3) is 0 Å². The molecule has 0 spiro atoms. The number of rotatable bonds is 8. The predicted octanol–water partition coefficient (Wildman–Crippen LogP) is 3.19. The molecule has 0 atom stereocenters. The molecule has 1 aromatic rings. The van der Waals surface area contributed by atoms with E-state index in [1.54, 1.807) is 0 Å². The molecule has 1 N–H and O–H groups in total. The van der Waals surface area contributed by atoms with Gasteiger partial charge in [-0.2, -0.15) is 5.26 Å². The Bertz CT molecular complexity index is 438. The highest BCUT2D eigenvalue weighted by Crippen LogP contribution is 2.17. The molecule has 1 heterocycles. The maximum atomic E-state index is 9.14. The molecule has 1 aromatic heterocycles. The standard InChI is InChI=1S/C15H23N3O/c1-4-5-8-19-9-6-7-17-15-14(11-16)12(2)10-13(3)18-15/h10H,4-9H2,1-3H3,(H,17,18). The van der Waals surface area contributed by atoms with Crippen LogP contribution in [0, 0.1) is 25.2 Å². The van der Waals surface area contributed by atoms with Crippen LogP contribution in [0.5, 0.6) is 0 Å². The van der Waals surface area contributed by atoms with Gasteiger partial charge in [0.05, 0.1) is 5.56 Å². The molecule has 0 aromatic carbocycles. The van der Waals surface area contributed by atoms with Gasteiger partial charge in [-0.05, 0) is 38.3 Å². The Balaban J connectivity index is 2.39. The van der Waals surface area contributed by atoms with Crippen molar-refractivity contribution in [2.45, 2.75) is 40.0 Å². The first-order chi connectivity index (χ1) is 9.19. The van der Waals surface area contributed by atoms with Crippen LogP contribution in [0.4, 0.5) is 5.82 Å². The van der Waals surface area contributed by atoms with Crippen molar-refractivity contribution in [3.63, 3.8) is 0 Å². The van der Waals surface area contributed by atoms with Crippen LogP contribution in [0.3, 0.4) is 0 Å². The van der Waals surface area contributed by atoms with Crippen molar-refractivity contribution in [2.75, 3.05) is 25.1 Å². The van der Waals surface area contributed by atoms with E-state index in [0.29, 0.717) is 11.4 Å². The second-order valence-electron chi connectivity index (χ2n) is 4.66. The summed E-state index contributed by atoms with van der Waals surface area (Å²) in [6.07, 6.45) is 3.20. The number of nitrogens with one attached hydrogen (secondary N) is 1. The van der Waals surface area contributed by atoms with E-state index in [1.165, 1.54) is 0 Å². The predicted molar refractivity (Wildman–Crippen MR) is 77.3 cm³/mol. The topological polar surface area (TPSA) is 57.9 Å². The first-order valence-corrected chi connectivity index (χ1v) is 6.89. The molecular weight excluding hydrogens is 238 g/mol. The average Bonchev–Trinajstić information content (AvgIpc) is 2.37. The lowest BCUT2D eigenvalue weighted by Gasteiger charge is -2.10. The van der Waals surface area contributed by atoms with Crippen molar-refractivity contribution < 1.29 is 4.74 Å². The number of aromatic nitrogens is 1. The first-order valence-electron chi connectivity index (χ1n) is 6.89. The van der Waals surface area contributed by atoms with Crippen molar-refractivity contribution in [1.82, 2.24) is 4.98 Å². The van der Waals surface area contributed by atoms with Crippen molar-refractivity contribution in [3.8, 4) is 6.07 Å². The lowest BCUT2D eigenvalue weighted by molar-refractivity contribution is 0.131. The molecule has 1 rings (SSSR count). The zero-order valence-electron chi connectivity index (χ0n) is 12.1. The number of aryl methyl sites for hydroxylation is 2. The van der Waals surface area contributed by atoms with Crippen molar-refractivity contribution in [3.05, 3.63) is 22.9 Å². The van der Waals surface area contributed by atoms with Crippen molar-refractivity contribution >= 4 is 5.82 Å². The minimum absolute atomic E-state index is 0.637. The second kappa shape index (κ2) is 8.49. The third-order valence-electron chi connectivity index (χ3n) is 2.86. The third kappa shape index (κ3) is 5.27. The number of unbranched alkanes of at least 4 members (excludes halogenated alkanes) is 1. The highest BCUT2D eigenvalue weighted by atomic mass is 16.5. The van der Waals surface area contributed by atoms with Crippen molar-refractivity contribution in [1.29, 1.82) is 5.26 Å². The van der Waals surface area contributed by atoms with Gasteiger partial charge in [-0.1, -0.05) is 13.3 Å². The average molecular weight is 261 g/mol. The number of ether oxygens (including phenoxy) is 1. The van der Waals surface area contributed by atoms with E-state index < -0.39 is 0 Å². The van der Waals surface area contributed by atoms with E-state index in [-0.39, 0.29) is 0 Å². The van der Waals surface area contributed by atoms with Crippen LogP contribution in [0.2, 0.25) is 0 Å². The van der Waals surface area contributed by atoms with Gasteiger partial charge in [0.2, 0.25) is 0 Å². The van der Waals surface area contributed by atoms with Crippen LogP contribution < -0.4 is 5.32 Å². The summed E-state index contributed by atoms with van der Waals surface area (Å²) in [5.74, 6) is 0.688. The molecule has 0 aliphatic carbocycles. The molecule has 19 heavy (non-hydrogen) atoms. The fraction of sp³-hybridized carbons (Fsp3) is 0.600. The number of nitrogens with zero attached hydrogens (tertiary/aromatic N) is 2. The number of nitriles is 1. The smallest absolute Gasteiger partial charge is 0.144 e. The van der Waals surface area contributed by atoms with Crippen LogP contribution in [0.15, 0.2) is 6.07 Å². The summed E-state index contributed by atoms with van der Waals surface area (Å²) in [4.78, 5) is 4.38. The Morgan fingerprint density at radius 2 is 2.05 bits per heavy atom. The molecule has 0 amide bonds. The zero-order chi connectivity index (χ0) is 14.1. The van der Waals surface area contributed by atoms with E-state index in [0.717, 1.165) is 50.3 Å². The van der Waals surface area contributed by atoms with Gasteiger partial charge in [-0.25, -0.2) is 4.98 Å². The number of hydrogen-bond acceptors (Lipinski definition) is 4. The summed E-state index contributed by atoms with van der Waals surface area (Å²) in [7, 11) is 0. The Morgan fingerprint density at radius 3 is 2.74 bits per heavy atom. The maximum absolute atomic E-state index is 9.14. The molecule has 0 unspecified atom stereocenters.